The topological polar surface area (TPSA) is 41.3 Å². The van der Waals surface area contributed by atoms with Gasteiger partial charge >= 0.3 is 0 Å². The van der Waals surface area contributed by atoms with E-state index in [9.17, 15) is 0 Å². The van der Waals surface area contributed by atoms with Gasteiger partial charge in [0.15, 0.2) is 0 Å². The number of aliphatic hydroxyl groups excluding tert-OH is 1. The highest BCUT2D eigenvalue weighted by Gasteiger charge is 2.28. The molecular weight excluding hydrogens is 238 g/mol. The molecule has 0 saturated heterocycles. The minimum Gasteiger partial charge on any atom is -0.395 e. The van der Waals surface area contributed by atoms with Gasteiger partial charge in [0.2, 0.25) is 0 Å². The Labute approximate surface area is 113 Å². The van der Waals surface area contributed by atoms with Crippen LogP contribution in [0.1, 0.15) is 18.4 Å². The van der Waals surface area contributed by atoms with Gasteiger partial charge in [0.1, 0.15) is 0 Å². The molecule has 1 aliphatic carbocycles. The summed E-state index contributed by atoms with van der Waals surface area (Å²) in [5.74, 6) is 0. The smallest absolute Gasteiger partial charge is 0.0991 e. The van der Waals surface area contributed by atoms with E-state index in [4.69, 9.17) is 5.11 Å². The Kier molecular flexibility index (Phi) is 3.62. The highest BCUT2D eigenvalue weighted by Crippen LogP contribution is 2.28. The Bertz CT molecular complexity index is 503. The van der Waals surface area contributed by atoms with Gasteiger partial charge in [-0.25, -0.2) is 4.98 Å². The zero-order chi connectivity index (χ0) is 13.1. The normalized spacial score (nSPS) is 15.1. The molecule has 1 aromatic heterocycles. The second kappa shape index (κ2) is 5.55. The average molecular weight is 257 g/mol. The van der Waals surface area contributed by atoms with Crippen LogP contribution in [-0.2, 0) is 6.54 Å². The van der Waals surface area contributed by atoms with Gasteiger partial charge in [0.05, 0.1) is 12.9 Å². The maximum atomic E-state index is 9.11. The molecule has 4 heteroatoms. The van der Waals surface area contributed by atoms with E-state index >= 15 is 0 Å². The molecule has 0 atom stereocenters. The fourth-order valence-electron chi connectivity index (χ4n) is 2.38. The third kappa shape index (κ3) is 3.03. The Hall–Kier alpha value is -1.65. The van der Waals surface area contributed by atoms with Crippen molar-refractivity contribution in [2.45, 2.75) is 25.4 Å². The number of hydrogen-bond donors (Lipinski definition) is 1. The molecule has 3 rings (SSSR count). The van der Waals surface area contributed by atoms with E-state index in [0.29, 0.717) is 6.04 Å². The molecule has 0 spiro atoms. The molecule has 1 fully saturated rings. The molecule has 1 heterocycles. The van der Waals surface area contributed by atoms with Gasteiger partial charge in [-0.1, -0.05) is 12.1 Å². The zero-order valence-electron chi connectivity index (χ0n) is 10.9. The van der Waals surface area contributed by atoms with Crippen molar-refractivity contribution >= 4 is 0 Å². The summed E-state index contributed by atoms with van der Waals surface area (Å²) in [6.07, 6.45) is 8.07. The van der Waals surface area contributed by atoms with E-state index in [2.05, 4.69) is 34.1 Å². The van der Waals surface area contributed by atoms with E-state index in [0.717, 1.165) is 18.8 Å². The summed E-state index contributed by atoms with van der Waals surface area (Å²) in [7, 11) is 0. The quantitative estimate of drug-likeness (QED) is 0.858. The SMILES string of the molecule is OCCN(Cc1ccc(-n2ccnc2)cc1)C1CC1. The van der Waals surface area contributed by atoms with Crippen LogP contribution in [0.4, 0.5) is 0 Å². The van der Waals surface area contributed by atoms with E-state index in [-0.39, 0.29) is 6.61 Å². The molecule has 2 aromatic rings. The molecule has 1 aromatic carbocycles. The second-order valence-electron chi connectivity index (χ2n) is 5.06. The minimum atomic E-state index is 0.240. The summed E-state index contributed by atoms with van der Waals surface area (Å²) < 4.78 is 2.00. The van der Waals surface area contributed by atoms with Crippen molar-refractivity contribution in [2.75, 3.05) is 13.2 Å². The van der Waals surface area contributed by atoms with Gasteiger partial charge in [0, 0.05) is 37.2 Å². The number of aliphatic hydroxyl groups is 1. The van der Waals surface area contributed by atoms with Crippen LogP contribution in [0, 0.1) is 0 Å². The third-order valence-corrected chi connectivity index (χ3v) is 3.58. The maximum Gasteiger partial charge on any atom is 0.0991 e. The molecule has 19 heavy (non-hydrogen) atoms. The highest BCUT2D eigenvalue weighted by atomic mass is 16.3. The summed E-state index contributed by atoms with van der Waals surface area (Å²) >= 11 is 0. The van der Waals surface area contributed by atoms with Crippen LogP contribution >= 0.6 is 0 Å². The van der Waals surface area contributed by atoms with Crippen LogP contribution in [0.2, 0.25) is 0 Å². The molecule has 1 N–H and O–H groups in total. The predicted molar refractivity (Wildman–Crippen MR) is 74.1 cm³/mol. The number of aromatic nitrogens is 2. The lowest BCUT2D eigenvalue weighted by atomic mass is 10.2. The number of hydrogen-bond acceptors (Lipinski definition) is 3. The largest absolute Gasteiger partial charge is 0.395 e. The Balaban J connectivity index is 1.68. The molecule has 0 bridgehead atoms. The number of nitrogens with zero attached hydrogens (tertiary/aromatic N) is 3. The van der Waals surface area contributed by atoms with Crippen molar-refractivity contribution in [3.05, 3.63) is 48.5 Å². The van der Waals surface area contributed by atoms with E-state index in [1.54, 1.807) is 12.5 Å². The molecule has 4 nitrogen and oxygen atoms in total. The van der Waals surface area contributed by atoms with Gasteiger partial charge in [-0.05, 0) is 30.5 Å². The van der Waals surface area contributed by atoms with Crippen molar-refractivity contribution in [1.82, 2.24) is 14.5 Å². The van der Waals surface area contributed by atoms with Gasteiger partial charge in [-0.15, -0.1) is 0 Å². The molecule has 0 unspecified atom stereocenters. The molecule has 1 aliphatic rings. The summed E-state index contributed by atoms with van der Waals surface area (Å²) in [6.45, 7) is 1.94. The maximum absolute atomic E-state index is 9.11. The lowest BCUT2D eigenvalue weighted by Gasteiger charge is -2.20. The fourth-order valence-corrected chi connectivity index (χ4v) is 2.38. The molecule has 1 saturated carbocycles. The van der Waals surface area contributed by atoms with Gasteiger partial charge in [-0.2, -0.15) is 0 Å². The van der Waals surface area contributed by atoms with Crippen molar-refractivity contribution in [3.63, 3.8) is 0 Å². The van der Waals surface area contributed by atoms with E-state index < -0.39 is 0 Å². The number of imidazole rings is 1. The first-order valence-corrected chi connectivity index (χ1v) is 6.79. The Morgan fingerprint density at radius 2 is 2.05 bits per heavy atom. The second-order valence-corrected chi connectivity index (χ2v) is 5.06. The fraction of sp³-hybridized carbons (Fsp3) is 0.400. The molecule has 0 radical (unpaired) electrons. The van der Waals surface area contributed by atoms with Gasteiger partial charge in [0.25, 0.3) is 0 Å². The molecular formula is C15H19N3O. The van der Waals surface area contributed by atoms with Crippen molar-refractivity contribution in [2.24, 2.45) is 0 Å². The van der Waals surface area contributed by atoms with E-state index in [1.165, 1.54) is 18.4 Å². The Morgan fingerprint density at radius 1 is 1.26 bits per heavy atom. The average Bonchev–Trinajstić information content (AvgIpc) is 3.14. The van der Waals surface area contributed by atoms with Crippen LogP contribution in [0.3, 0.4) is 0 Å². The van der Waals surface area contributed by atoms with Crippen LogP contribution in [0.25, 0.3) is 5.69 Å². The van der Waals surface area contributed by atoms with Gasteiger partial charge < -0.3 is 9.67 Å². The Morgan fingerprint density at radius 3 is 2.63 bits per heavy atom. The lowest BCUT2D eigenvalue weighted by molar-refractivity contribution is 0.183. The van der Waals surface area contributed by atoms with Crippen molar-refractivity contribution in [3.8, 4) is 5.69 Å². The lowest BCUT2D eigenvalue weighted by Crippen LogP contribution is -2.28. The van der Waals surface area contributed by atoms with Crippen molar-refractivity contribution in [1.29, 1.82) is 0 Å². The number of rotatable bonds is 6. The summed E-state index contributed by atoms with van der Waals surface area (Å²) in [5, 5.41) is 9.11. The van der Waals surface area contributed by atoms with Crippen LogP contribution in [0.5, 0.6) is 0 Å². The number of benzene rings is 1. The molecule has 0 amide bonds. The predicted octanol–water partition coefficient (Wildman–Crippen LogP) is 1.83. The van der Waals surface area contributed by atoms with Crippen LogP contribution in [0.15, 0.2) is 43.0 Å². The van der Waals surface area contributed by atoms with E-state index in [1.807, 2.05) is 10.8 Å². The summed E-state index contributed by atoms with van der Waals surface area (Å²) in [5.41, 5.74) is 2.42. The van der Waals surface area contributed by atoms with Crippen LogP contribution < -0.4 is 0 Å². The summed E-state index contributed by atoms with van der Waals surface area (Å²) in [4.78, 5) is 6.42. The third-order valence-electron chi connectivity index (χ3n) is 3.58. The highest BCUT2D eigenvalue weighted by molar-refractivity contribution is 5.34. The first-order valence-electron chi connectivity index (χ1n) is 6.79. The summed E-state index contributed by atoms with van der Waals surface area (Å²) in [6, 6.07) is 9.21. The first kappa shape index (κ1) is 12.4. The minimum absolute atomic E-state index is 0.240. The molecule has 100 valence electrons. The van der Waals surface area contributed by atoms with Crippen molar-refractivity contribution < 1.29 is 5.11 Å². The van der Waals surface area contributed by atoms with Crippen LogP contribution in [-0.4, -0.2) is 38.8 Å². The standard InChI is InChI=1S/C15H19N3O/c19-10-9-17(14-5-6-14)11-13-1-3-15(4-2-13)18-8-7-16-12-18/h1-4,7-8,12,14,19H,5-6,9-11H2. The zero-order valence-corrected chi connectivity index (χ0v) is 10.9. The monoisotopic (exact) mass is 257 g/mol. The first-order chi connectivity index (χ1) is 9.36. The molecule has 0 aliphatic heterocycles. The van der Waals surface area contributed by atoms with Gasteiger partial charge in [-0.3, -0.25) is 4.90 Å².